The van der Waals surface area contributed by atoms with Crippen LogP contribution in [0.25, 0.3) is 10.9 Å². The van der Waals surface area contributed by atoms with Gasteiger partial charge in [-0.2, -0.15) is 0 Å². The highest BCUT2D eigenvalue weighted by molar-refractivity contribution is 7.85. The van der Waals surface area contributed by atoms with E-state index in [4.69, 9.17) is 0 Å². The van der Waals surface area contributed by atoms with Crippen LogP contribution in [0.1, 0.15) is 47.1 Å². The van der Waals surface area contributed by atoms with Crippen molar-refractivity contribution < 1.29 is 4.21 Å². The lowest BCUT2D eigenvalue weighted by molar-refractivity contribution is 0.684. The van der Waals surface area contributed by atoms with Gasteiger partial charge in [0, 0.05) is 21.1 Å². The summed E-state index contributed by atoms with van der Waals surface area (Å²) in [5.41, 5.74) is 3.94. The minimum absolute atomic E-state index is 0.550. The number of rotatable bonds is 6. The predicted molar refractivity (Wildman–Crippen MR) is 125 cm³/mol. The van der Waals surface area contributed by atoms with Gasteiger partial charge in [-0.1, -0.05) is 77.4 Å². The summed E-state index contributed by atoms with van der Waals surface area (Å²) in [6, 6.07) is 16.5. The van der Waals surface area contributed by atoms with Gasteiger partial charge in [0.2, 0.25) is 0 Å². The van der Waals surface area contributed by atoms with Crippen LogP contribution in [0.15, 0.2) is 58.3 Å². The Morgan fingerprint density at radius 1 is 0.821 bits per heavy atom. The molecule has 1 unspecified atom stereocenters. The topological polar surface area (TPSA) is 32.9 Å². The highest BCUT2D eigenvalue weighted by atomic mass is 32.2. The summed E-state index contributed by atoms with van der Waals surface area (Å²) in [5, 5.41) is 2.39. The maximum absolute atomic E-state index is 13.9. The number of hydrogen-bond donors (Lipinski definition) is 1. The van der Waals surface area contributed by atoms with Gasteiger partial charge in [0.05, 0.1) is 15.7 Å². The molecule has 0 aliphatic rings. The largest absolute Gasteiger partial charge is 0.361 e. The Balaban J connectivity index is 2.36. The highest BCUT2D eigenvalue weighted by Gasteiger charge is 2.48. The average molecular weight is 412 g/mol. The second-order valence-electron chi connectivity index (χ2n) is 8.85. The molecule has 0 spiro atoms. The predicted octanol–water partition coefficient (Wildman–Crippen LogP) is 6.53. The van der Waals surface area contributed by atoms with Crippen LogP contribution in [-0.4, -0.2) is 17.3 Å². The van der Waals surface area contributed by atoms with Crippen LogP contribution in [0.4, 0.5) is 0 Å². The molecule has 0 aliphatic heterocycles. The van der Waals surface area contributed by atoms with E-state index >= 15 is 0 Å². The molecular weight excluding hydrogens is 378 g/mol. The van der Waals surface area contributed by atoms with Crippen LogP contribution in [0.5, 0.6) is 0 Å². The van der Waals surface area contributed by atoms with E-state index in [9.17, 15) is 4.21 Å². The first-order valence-corrected chi connectivity index (χ1v) is 13.7. The first-order chi connectivity index (χ1) is 13.2. The summed E-state index contributed by atoms with van der Waals surface area (Å²) in [4.78, 5) is 5.68. The average Bonchev–Trinajstić information content (AvgIpc) is 3.00. The summed E-state index contributed by atoms with van der Waals surface area (Å²) >= 11 is 0. The molecule has 3 aromatic rings. The molecule has 1 atom stereocenters. The van der Waals surface area contributed by atoms with Gasteiger partial charge in [-0.15, -0.1) is 0 Å². The molecule has 0 amide bonds. The molecule has 0 aliphatic carbocycles. The second kappa shape index (κ2) is 8.00. The van der Waals surface area contributed by atoms with Crippen molar-refractivity contribution in [3.05, 3.63) is 54.1 Å². The van der Waals surface area contributed by atoms with Crippen LogP contribution in [0.3, 0.4) is 0 Å². The fourth-order valence-electron chi connectivity index (χ4n) is 5.26. The Bertz CT molecular complexity index is 964. The molecule has 3 rings (SSSR count). The Kier molecular flexibility index (Phi) is 6.02. The zero-order chi connectivity index (χ0) is 20.6. The van der Waals surface area contributed by atoms with Crippen molar-refractivity contribution in [2.45, 2.75) is 74.9 Å². The van der Waals surface area contributed by atoms with E-state index in [-0.39, 0.29) is 0 Å². The zero-order valence-corrected chi connectivity index (χ0v) is 20.0. The van der Waals surface area contributed by atoms with E-state index in [1.165, 1.54) is 10.9 Å². The first kappa shape index (κ1) is 21.1. The summed E-state index contributed by atoms with van der Waals surface area (Å²) in [7, 11) is -3.19. The summed E-state index contributed by atoms with van der Waals surface area (Å²) in [6.45, 7) is 16.2. The van der Waals surface area contributed by atoms with Gasteiger partial charge >= 0.3 is 0 Å². The number of nitrogens with one attached hydrogen (secondary N) is 1. The van der Waals surface area contributed by atoms with Crippen molar-refractivity contribution >= 4 is 35.1 Å². The molecule has 2 aromatic carbocycles. The Morgan fingerprint density at radius 3 is 1.89 bits per heavy atom. The van der Waals surface area contributed by atoms with Crippen molar-refractivity contribution in [1.29, 1.82) is 0 Å². The molecule has 0 saturated carbocycles. The van der Waals surface area contributed by atoms with Crippen LogP contribution in [0.2, 0.25) is 16.6 Å². The number of aromatic amines is 1. The molecule has 150 valence electrons. The maximum Gasteiger partial charge on any atom is 0.116 e. The Morgan fingerprint density at radius 2 is 1.36 bits per heavy atom. The van der Waals surface area contributed by atoms with Gasteiger partial charge in [0.25, 0.3) is 0 Å². The quantitative estimate of drug-likeness (QED) is 0.460. The molecule has 0 radical (unpaired) electrons. The molecule has 1 heterocycles. The molecule has 0 fully saturated rings. The van der Waals surface area contributed by atoms with Gasteiger partial charge < -0.3 is 4.98 Å². The maximum atomic E-state index is 13.9. The minimum atomic E-state index is -1.99. The fourth-order valence-corrected chi connectivity index (χ4v) is 13.9. The second-order valence-corrected chi connectivity index (χ2v) is 16.1. The van der Waals surface area contributed by atoms with Crippen molar-refractivity contribution in [1.82, 2.24) is 4.98 Å². The van der Waals surface area contributed by atoms with Crippen molar-refractivity contribution in [2.75, 3.05) is 0 Å². The molecule has 28 heavy (non-hydrogen) atoms. The van der Waals surface area contributed by atoms with Gasteiger partial charge in [0.1, 0.15) is 8.07 Å². The van der Waals surface area contributed by atoms with Gasteiger partial charge in [-0.25, -0.2) is 4.21 Å². The van der Waals surface area contributed by atoms with Crippen molar-refractivity contribution in [3.63, 3.8) is 0 Å². The Hall–Kier alpha value is -1.65. The Labute approximate surface area is 173 Å². The molecule has 1 N–H and O–H groups in total. The zero-order valence-electron chi connectivity index (χ0n) is 18.2. The molecule has 0 bridgehead atoms. The lowest BCUT2D eigenvalue weighted by Crippen LogP contribution is -2.57. The lowest BCUT2D eigenvalue weighted by atomic mass is 10.2. The normalized spacial score (nSPS) is 13.8. The number of fused-ring (bicyclic) bond motifs is 1. The van der Waals surface area contributed by atoms with Crippen molar-refractivity contribution in [2.24, 2.45) is 0 Å². The van der Waals surface area contributed by atoms with Gasteiger partial charge in [-0.3, -0.25) is 0 Å². The molecule has 1 aromatic heterocycles. The smallest absolute Gasteiger partial charge is 0.116 e. The van der Waals surface area contributed by atoms with Crippen LogP contribution < -0.4 is 5.32 Å². The molecule has 4 heteroatoms. The van der Waals surface area contributed by atoms with E-state index in [1.54, 1.807) is 0 Å². The molecule has 2 nitrogen and oxygen atoms in total. The third-order valence-electron chi connectivity index (χ3n) is 6.38. The van der Waals surface area contributed by atoms with Gasteiger partial charge in [0.15, 0.2) is 0 Å². The summed E-state index contributed by atoms with van der Waals surface area (Å²) in [5.74, 6) is 0. The standard InChI is InChI=1S/C24H33NOSSi/c1-16(2)28(17(3)4,18(5)6)24-23(21-10-8-9-11-22(21)25-24)27(26)20-14-12-19(7)13-15-20/h8-18,25H,1-7H3. The minimum Gasteiger partial charge on any atom is -0.361 e. The number of hydrogen-bond acceptors (Lipinski definition) is 1. The number of H-pyrrole nitrogens is 1. The van der Waals surface area contributed by atoms with Crippen LogP contribution in [-0.2, 0) is 10.8 Å². The van der Waals surface area contributed by atoms with E-state index in [2.05, 4.69) is 89.8 Å². The first-order valence-electron chi connectivity index (χ1n) is 10.3. The monoisotopic (exact) mass is 411 g/mol. The number of aryl methyl sites for hydroxylation is 1. The SMILES string of the molecule is Cc1ccc(S(=O)c2c([Si](C(C)C)(C(C)C)C(C)C)[nH]c3ccccc23)cc1. The van der Waals surface area contributed by atoms with E-state index < -0.39 is 18.9 Å². The number of aromatic nitrogens is 1. The van der Waals surface area contributed by atoms with Crippen LogP contribution in [0, 0.1) is 6.92 Å². The van der Waals surface area contributed by atoms with E-state index in [0.717, 1.165) is 20.7 Å². The third kappa shape index (κ3) is 3.31. The van der Waals surface area contributed by atoms with E-state index in [1.807, 2.05) is 12.1 Å². The number of benzene rings is 2. The summed E-state index contributed by atoms with van der Waals surface area (Å²) in [6.07, 6.45) is 0. The highest BCUT2D eigenvalue weighted by Crippen LogP contribution is 2.43. The third-order valence-corrected chi connectivity index (χ3v) is 15.0. The van der Waals surface area contributed by atoms with Crippen LogP contribution >= 0.6 is 0 Å². The van der Waals surface area contributed by atoms with Crippen molar-refractivity contribution in [3.8, 4) is 0 Å². The number of para-hydroxylation sites is 1. The molecular formula is C24H33NOSSi. The summed E-state index contributed by atoms with van der Waals surface area (Å²) < 4.78 is 13.9. The lowest BCUT2D eigenvalue weighted by Gasteiger charge is -2.43. The van der Waals surface area contributed by atoms with E-state index in [0.29, 0.717) is 16.6 Å². The molecule has 0 saturated heterocycles. The fraction of sp³-hybridized carbons (Fsp3) is 0.417. The van der Waals surface area contributed by atoms with Gasteiger partial charge in [-0.05, 0) is 41.7 Å².